The van der Waals surface area contributed by atoms with E-state index in [9.17, 15) is 13.2 Å². The highest BCUT2D eigenvalue weighted by Crippen LogP contribution is 2.24. The summed E-state index contributed by atoms with van der Waals surface area (Å²) in [7, 11) is -1.47. The molecule has 0 amide bonds. The molecule has 1 N–H and O–H groups in total. The van der Waals surface area contributed by atoms with Crippen molar-refractivity contribution in [1.82, 2.24) is 4.47 Å². The lowest BCUT2D eigenvalue weighted by Crippen LogP contribution is -2.26. The monoisotopic (exact) mass is 289 g/mol. The molecular formula is C11H15NO6S. The zero-order valence-corrected chi connectivity index (χ0v) is 11.6. The Bertz CT molecular complexity index is 569. The van der Waals surface area contributed by atoms with Gasteiger partial charge in [-0.1, -0.05) is 4.47 Å². The second-order valence-electron chi connectivity index (χ2n) is 3.49. The summed E-state index contributed by atoms with van der Waals surface area (Å²) in [6, 6.07) is 3.61. The molecule has 0 aliphatic rings. The Morgan fingerprint density at radius 2 is 2.05 bits per heavy atom. The predicted molar refractivity (Wildman–Crippen MR) is 66.5 cm³/mol. The first-order valence-corrected chi connectivity index (χ1v) is 6.81. The molecule has 0 heterocycles. The normalized spacial score (nSPS) is 11.6. The zero-order chi connectivity index (χ0) is 14.6. The van der Waals surface area contributed by atoms with Crippen LogP contribution in [0.2, 0.25) is 0 Å². The number of aromatic carboxylic acids is 1. The molecule has 0 atom stereocenters. The molecule has 0 radical (unpaired) electrons. The second kappa shape index (κ2) is 6.00. The molecule has 0 aliphatic carbocycles. The molecule has 1 aromatic carbocycles. The Morgan fingerprint density at radius 1 is 1.42 bits per heavy atom. The summed E-state index contributed by atoms with van der Waals surface area (Å²) < 4.78 is 29.7. The number of benzene rings is 1. The molecule has 8 heteroatoms. The third-order valence-electron chi connectivity index (χ3n) is 2.37. The highest BCUT2D eigenvalue weighted by atomic mass is 32.2. The van der Waals surface area contributed by atoms with Crippen molar-refractivity contribution < 1.29 is 27.9 Å². The summed E-state index contributed by atoms with van der Waals surface area (Å²) in [6.07, 6.45) is 0. The fraction of sp³-hybridized carbons (Fsp3) is 0.364. The van der Waals surface area contributed by atoms with Crippen molar-refractivity contribution in [3.8, 4) is 5.75 Å². The van der Waals surface area contributed by atoms with Gasteiger partial charge < -0.3 is 9.84 Å². The number of carbonyl (C=O) groups is 1. The van der Waals surface area contributed by atoms with E-state index in [1.54, 1.807) is 6.92 Å². The molecule has 0 bridgehead atoms. The average molecular weight is 289 g/mol. The van der Waals surface area contributed by atoms with Gasteiger partial charge in [-0.2, -0.15) is 0 Å². The number of carboxylic acids is 1. The van der Waals surface area contributed by atoms with E-state index in [1.165, 1.54) is 26.3 Å². The van der Waals surface area contributed by atoms with Crippen LogP contribution in [0.4, 0.5) is 0 Å². The smallest absolute Gasteiger partial charge is 0.339 e. The molecule has 0 saturated heterocycles. The van der Waals surface area contributed by atoms with Crippen molar-refractivity contribution in [2.75, 3.05) is 20.8 Å². The lowest BCUT2D eigenvalue weighted by Gasteiger charge is -2.15. The number of hydroxylamine groups is 1. The average Bonchev–Trinajstić information content (AvgIpc) is 2.38. The Kier molecular flexibility index (Phi) is 4.87. The van der Waals surface area contributed by atoms with Crippen LogP contribution in [0.5, 0.6) is 5.75 Å². The summed E-state index contributed by atoms with van der Waals surface area (Å²) in [5, 5.41) is 9.06. The summed E-state index contributed by atoms with van der Waals surface area (Å²) in [6.45, 7) is 1.99. The number of hydrogen-bond acceptors (Lipinski definition) is 5. The van der Waals surface area contributed by atoms with Gasteiger partial charge in [0.2, 0.25) is 0 Å². The van der Waals surface area contributed by atoms with Gasteiger partial charge in [0.05, 0.1) is 18.6 Å². The second-order valence-corrected chi connectivity index (χ2v) is 5.43. The molecule has 0 unspecified atom stereocenters. The first-order valence-electron chi connectivity index (χ1n) is 5.37. The van der Waals surface area contributed by atoms with Crippen LogP contribution >= 0.6 is 0 Å². The third-order valence-corrected chi connectivity index (χ3v) is 4.05. The first kappa shape index (κ1) is 15.4. The first-order chi connectivity index (χ1) is 8.84. The molecule has 1 aromatic rings. The van der Waals surface area contributed by atoms with Gasteiger partial charge in [-0.05, 0) is 25.1 Å². The molecule has 1 rings (SSSR count). The van der Waals surface area contributed by atoms with E-state index in [2.05, 4.69) is 4.84 Å². The molecule has 0 aromatic heterocycles. The largest absolute Gasteiger partial charge is 0.493 e. The van der Waals surface area contributed by atoms with Crippen LogP contribution in [-0.2, 0) is 14.9 Å². The van der Waals surface area contributed by atoms with Gasteiger partial charge in [0, 0.05) is 7.05 Å². The maximum atomic E-state index is 12.0. The zero-order valence-electron chi connectivity index (χ0n) is 10.8. The number of rotatable bonds is 6. The minimum absolute atomic E-state index is 0.119. The molecule has 106 valence electrons. The van der Waals surface area contributed by atoms with Crippen LogP contribution < -0.4 is 4.74 Å². The lowest BCUT2D eigenvalue weighted by molar-refractivity contribution is -0.0258. The standard InChI is InChI=1S/C11H15NO6S/c1-4-18-10-6-5-8(7-9(10)11(13)14)19(15,16)12(2)17-3/h5-7H,4H2,1-3H3,(H,13,14). The van der Waals surface area contributed by atoms with E-state index in [-0.39, 0.29) is 22.8 Å². The molecule has 0 fully saturated rings. The highest BCUT2D eigenvalue weighted by Gasteiger charge is 2.23. The Hall–Kier alpha value is -1.64. The van der Waals surface area contributed by atoms with Crippen molar-refractivity contribution in [2.45, 2.75) is 11.8 Å². The quantitative estimate of drug-likeness (QED) is 0.784. The highest BCUT2D eigenvalue weighted by molar-refractivity contribution is 7.89. The van der Waals surface area contributed by atoms with Gasteiger partial charge in [0.1, 0.15) is 11.3 Å². The summed E-state index contributed by atoms with van der Waals surface area (Å²) >= 11 is 0. The molecule has 0 aliphatic heterocycles. The maximum absolute atomic E-state index is 12.0. The van der Waals surface area contributed by atoms with E-state index in [0.29, 0.717) is 4.47 Å². The van der Waals surface area contributed by atoms with Gasteiger partial charge in [-0.25, -0.2) is 13.2 Å². The van der Waals surface area contributed by atoms with E-state index in [1.807, 2.05) is 0 Å². The van der Waals surface area contributed by atoms with Crippen molar-refractivity contribution in [2.24, 2.45) is 0 Å². The summed E-state index contributed by atoms with van der Waals surface area (Å²) in [5.74, 6) is -1.14. The Labute approximate surface area is 111 Å². The van der Waals surface area contributed by atoms with Crippen LogP contribution in [0.15, 0.2) is 23.1 Å². The van der Waals surface area contributed by atoms with Gasteiger partial charge in [0.25, 0.3) is 10.0 Å². The Balaban J connectivity index is 3.34. The topological polar surface area (TPSA) is 93.1 Å². The van der Waals surface area contributed by atoms with Crippen LogP contribution in [0.1, 0.15) is 17.3 Å². The lowest BCUT2D eigenvalue weighted by atomic mass is 10.2. The fourth-order valence-corrected chi connectivity index (χ4v) is 2.36. The van der Waals surface area contributed by atoms with Crippen LogP contribution in [0.25, 0.3) is 0 Å². The number of carboxylic acid groups (broad SMARTS) is 1. The number of hydrogen-bond donors (Lipinski definition) is 1. The van der Waals surface area contributed by atoms with Crippen molar-refractivity contribution >= 4 is 16.0 Å². The minimum Gasteiger partial charge on any atom is -0.493 e. The summed E-state index contributed by atoms with van der Waals surface area (Å²) in [5.41, 5.74) is -0.215. The van der Waals surface area contributed by atoms with E-state index in [4.69, 9.17) is 9.84 Å². The number of sulfonamides is 1. The SMILES string of the molecule is CCOc1ccc(S(=O)(=O)N(C)OC)cc1C(=O)O. The van der Waals surface area contributed by atoms with Gasteiger partial charge in [0.15, 0.2) is 0 Å². The van der Waals surface area contributed by atoms with Crippen LogP contribution in [0.3, 0.4) is 0 Å². The van der Waals surface area contributed by atoms with Crippen LogP contribution in [-0.4, -0.2) is 44.7 Å². The third kappa shape index (κ3) is 3.22. The Morgan fingerprint density at radius 3 is 2.53 bits per heavy atom. The fourth-order valence-electron chi connectivity index (χ4n) is 1.36. The molecule has 7 nitrogen and oxygen atoms in total. The number of ether oxygens (including phenoxy) is 1. The molecular weight excluding hydrogens is 274 g/mol. The van der Waals surface area contributed by atoms with E-state index >= 15 is 0 Å². The minimum atomic E-state index is -3.88. The van der Waals surface area contributed by atoms with Gasteiger partial charge in [-0.3, -0.25) is 4.84 Å². The summed E-state index contributed by atoms with van der Waals surface area (Å²) in [4.78, 5) is 15.5. The van der Waals surface area contributed by atoms with Crippen LogP contribution in [0, 0.1) is 0 Å². The van der Waals surface area contributed by atoms with E-state index < -0.39 is 16.0 Å². The van der Waals surface area contributed by atoms with Crippen molar-refractivity contribution in [1.29, 1.82) is 0 Å². The van der Waals surface area contributed by atoms with E-state index in [0.717, 1.165) is 6.07 Å². The molecule has 0 saturated carbocycles. The predicted octanol–water partition coefficient (Wildman–Crippen LogP) is 0.965. The maximum Gasteiger partial charge on any atom is 0.339 e. The van der Waals surface area contributed by atoms with Crippen molar-refractivity contribution in [3.63, 3.8) is 0 Å². The molecule has 19 heavy (non-hydrogen) atoms. The van der Waals surface area contributed by atoms with Gasteiger partial charge in [-0.15, -0.1) is 0 Å². The van der Waals surface area contributed by atoms with Crippen molar-refractivity contribution in [3.05, 3.63) is 23.8 Å². The number of nitrogens with zero attached hydrogens (tertiary/aromatic N) is 1. The molecule has 0 spiro atoms. The van der Waals surface area contributed by atoms with Gasteiger partial charge >= 0.3 is 5.97 Å².